The highest BCUT2D eigenvalue weighted by molar-refractivity contribution is 6.24. The fraction of sp³-hybridized carbons (Fsp3) is 0.158. The Morgan fingerprint density at radius 2 is 1.62 bits per heavy atom. The second-order valence-electron chi connectivity index (χ2n) is 6.17. The zero-order chi connectivity index (χ0) is 18.3. The van der Waals surface area contributed by atoms with Crippen molar-refractivity contribution < 1.29 is 19.2 Å². The minimum absolute atomic E-state index is 0.00705. The smallest absolute Gasteiger partial charge is 0.324 e. The molecule has 5 amide bonds. The van der Waals surface area contributed by atoms with Gasteiger partial charge in [-0.1, -0.05) is 30.3 Å². The number of nitrogens with one attached hydrogen (secondary N) is 1. The summed E-state index contributed by atoms with van der Waals surface area (Å²) in [5, 5.41) is 2.46. The maximum atomic E-state index is 12.7. The molecule has 0 spiro atoms. The Morgan fingerprint density at radius 3 is 2.31 bits per heavy atom. The SMILES string of the molecule is O=C1CNC(=O)N1Cc1ccc(N2C(=O)Cc3ccccc3C2=O)cc1. The normalized spacial score (nSPS) is 16.8. The number of benzene rings is 2. The van der Waals surface area contributed by atoms with Gasteiger partial charge in [0.1, 0.15) is 0 Å². The lowest BCUT2D eigenvalue weighted by molar-refractivity contribution is -0.125. The van der Waals surface area contributed by atoms with E-state index in [0.717, 1.165) is 16.0 Å². The summed E-state index contributed by atoms with van der Waals surface area (Å²) in [6.45, 7) is 0.156. The van der Waals surface area contributed by atoms with Gasteiger partial charge in [-0.25, -0.2) is 9.69 Å². The monoisotopic (exact) mass is 349 g/mol. The van der Waals surface area contributed by atoms with Crippen molar-refractivity contribution in [2.75, 3.05) is 11.4 Å². The van der Waals surface area contributed by atoms with Gasteiger partial charge in [0.25, 0.3) is 5.91 Å². The molecule has 1 saturated heterocycles. The third-order valence-corrected chi connectivity index (χ3v) is 4.51. The Hall–Kier alpha value is -3.48. The third kappa shape index (κ3) is 2.63. The van der Waals surface area contributed by atoms with Crippen LogP contribution in [0.5, 0.6) is 0 Å². The Bertz CT molecular complexity index is 920. The number of amides is 5. The predicted molar refractivity (Wildman–Crippen MR) is 92.4 cm³/mol. The molecule has 2 aliphatic heterocycles. The van der Waals surface area contributed by atoms with Gasteiger partial charge in [0, 0.05) is 5.56 Å². The van der Waals surface area contributed by atoms with Gasteiger partial charge in [-0.3, -0.25) is 19.3 Å². The second kappa shape index (κ2) is 6.11. The minimum atomic E-state index is -0.419. The van der Waals surface area contributed by atoms with E-state index in [1.807, 2.05) is 0 Å². The van der Waals surface area contributed by atoms with Crippen LogP contribution >= 0.6 is 0 Å². The van der Waals surface area contributed by atoms with Crippen LogP contribution in [-0.4, -0.2) is 35.2 Å². The summed E-state index contributed by atoms with van der Waals surface area (Å²) in [4.78, 5) is 50.6. The van der Waals surface area contributed by atoms with Gasteiger partial charge in [0.2, 0.25) is 11.8 Å². The maximum absolute atomic E-state index is 12.7. The van der Waals surface area contributed by atoms with Crippen LogP contribution in [0.2, 0.25) is 0 Å². The maximum Gasteiger partial charge on any atom is 0.324 e. The summed E-state index contributed by atoms with van der Waals surface area (Å²) in [5.74, 6) is -0.911. The molecule has 130 valence electrons. The largest absolute Gasteiger partial charge is 0.329 e. The average molecular weight is 349 g/mol. The van der Waals surface area contributed by atoms with Crippen molar-refractivity contribution in [1.82, 2.24) is 10.2 Å². The molecule has 0 radical (unpaired) electrons. The molecule has 0 aliphatic carbocycles. The van der Waals surface area contributed by atoms with E-state index in [0.29, 0.717) is 11.3 Å². The molecule has 2 heterocycles. The van der Waals surface area contributed by atoms with Crippen molar-refractivity contribution in [3.8, 4) is 0 Å². The molecular formula is C19H15N3O4. The number of nitrogens with zero attached hydrogens (tertiary/aromatic N) is 2. The lowest BCUT2D eigenvalue weighted by atomic mass is 9.98. The molecule has 2 aromatic rings. The lowest BCUT2D eigenvalue weighted by Crippen LogP contribution is -2.42. The summed E-state index contributed by atoms with van der Waals surface area (Å²) in [6.07, 6.45) is 0.173. The second-order valence-corrected chi connectivity index (χ2v) is 6.17. The van der Waals surface area contributed by atoms with E-state index >= 15 is 0 Å². The summed E-state index contributed by atoms with van der Waals surface area (Å²) >= 11 is 0. The first-order chi connectivity index (χ1) is 12.5. The molecule has 2 aromatic carbocycles. The van der Waals surface area contributed by atoms with E-state index in [-0.39, 0.29) is 37.2 Å². The number of hydrogen-bond donors (Lipinski definition) is 1. The minimum Gasteiger partial charge on any atom is -0.329 e. The van der Waals surface area contributed by atoms with E-state index in [1.54, 1.807) is 48.5 Å². The van der Waals surface area contributed by atoms with E-state index in [9.17, 15) is 19.2 Å². The van der Waals surface area contributed by atoms with Crippen molar-refractivity contribution in [1.29, 1.82) is 0 Å². The van der Waals surface area contributed by atoms with Crippen LogP contribution in [-0.2, 0) is 22.6 Å². The number of anilines is 1. The van der Waals surface area contributed by atoms with Crippen LogP contribution in [0, 0.1) is 0 Å². The number of urea groups is 1. The Balaban J connectivity index is 1.57. The molecule has 4 rings (SSSR count). The molecule has 7 heteroatoms. The van der Waals surface area contributed by atoms with Crippen LogP contribution < -0.4 is 10.2 Å². The number of fused-ring (bicyclic) bond motifs is 1. The van der Waals surface area contributed by atoms with Crippen molar-refractivity contribution in [2.24, 2.45) is 0 Å². The summed E-state index contributed by atoms with van der Waals surface area (Å²) < 4.78 is 0. The van der Waals surface area contributed by atoms with Crippen LogP contribution in [0.3, 0.4) is 0 Å². The van der Waals surface area contributed by atoms with E-state index < -0.39 is 6.03 Å². The van der Waals surface area contributed by atoms with E-state index in [1.165, 1.54) is 4.90 Å². The molecule has 1 N–H and O–H groups in total. The van der Waals surface area contributed by atoms with Crippen LogP contribution in [0.25, 0.3) is 0 Å². The summed E-state index contributed by atoms with van der Waals surface area (Å²) in [6, 6.07) is 13.4. The van der Waals surface area contributed by atoms with E-state index in [4.69, 9.17) is 0 Å². The fourth-order valence-electron chi connectivity index (χ4n) is 3.17. The zero-order valence-corrected chi connectivity index (χ0v) is 13.8. The summed E-state index contributed by atoms with van der Waals surface area (Å²) in [5.41, 5.74) is 2.45. The Morgan fingerprint density at radius 1 is 0.885 bits per heavy atom. The molecule has 0 aromatic heterocycles. The lowest BCUT2D eigenvalue weighted by Gasteiger charge is -2.27. The molecule has 26 heavy (non-hydrogen) atoms. The van der Waals surface area contributed by atoms with Crippen molar-refractivity contribution >= 4 is 29.4 Å². The molecule has 2 aliphatic rings. The van der Waals surface area contributed by atoms with Gasteiger partial charge >= 0.3 is 6.03 Å². The number of carbonyl (C=O) groups excluding carboxylic acids is 4. The molecule has 0 atom stereocenters. The molecule has 1 fully saturated rings. The molecular weight excluding hydrogens is 334 g/mol. The third-order valence-electron chi connectivity index (χ3n) is 4.51. The number of hydrogen-bond acceptors (Lipinski definition) is 4. The number of carbonyl (C=O) groups is 4. The van der Waals surface area contributed by atoms with Crippen molar-refractivity contribution in [2.45, 2.75) is 13.0 Å². The highest BCUT2D eigenvalue weighted by Crippen LogP contribution is 2.26. The Labute approximate surface area is 149 Å². The van der Waals surface area contributed by atoms with Gasteiger partial charge < -0.3 is 5.32 Å². The van der Waals surface area contributed by atoms with Crippen LogP contribution in [0.15, 0.2) is 48.5 Å². The molecule has 7 nitrogen and oxygen atoms in total. The van der Waals surface area contributed by atoms with Crippen LogP contribution in [0.4, 0.5) is 10.5 Å². The van der Waals surface area contributed by atoms with Gasteiger partial charge in [-0.15, -0.1) is 0 Å². The topological polar surface area (TPSA) is 86.8 Å². The Kier molecular flexibility index (Phi) is 3.76. The zero-order valence-electron chi connectivity index (χ0n) is 13.8. The van der Waals surface area contributed by atoms with Crippen LogP contribution in [0.1, 0.15) is 21.5 Å². The molecule has 0 saturated carbocycles. The summed E-state index contributed by atoms with van der Waals surface area (Å²) in [7, 11) is 0. The first-order valence-electron chi connectivity index (χ1n) is 8.17. The van der Waals surface area contributed by atoms with Gasteiger partial charge in [0.05, 0.1) is 25.2 Å². The van der Waals surface area contributed by atoms with E-state index in [2.05, 4.69) is 5.32 Å². The van der Waals surface area contributed by atoms with Gasteiger partial charge in [-0.05, 0) is 29.3 Å². The quantitative estimate of drug-likeness (QED) is 0.671. The number of imide groups is 2. The molecule has 0 unspecified atom stereocenters. The fourth-order valence-corrected chi connectivity index (χ4v) is 3.17. The van der Waals surface area contributed by atoms with Crippen molar-refractivity contribution in [3.05, 3.63) is 65.2 Å². The van der Waals surface area contributed by atoms with Gasteiger partial charge in [-0.2, -0.15) is 0 Å². The standard InChI is InChI=1S/C19H15N3O4/c23-16-9-13-3-1-2-4-15(13)18(25)22(16)14-7-5-12(6-8-14)11-21-17(24)10-20-19(21)26/h1-8H,9-11H2,(H,20,26). The van der Waals surface area contributed by atoms with Gasteiger partial charge in [0.15, 0.2) is 0 Å². The first-order valence-corrected chi connectivity index (χ1v) is 8.17. The highest BCUT2D eigenvalue weighted by Gasteiger charge is 2.32. The molecule has 0 bridgehead atoms. The number of rotatable bonds is 3. The first kappa shape index (κ1) is 16.0. The predicted octanol–water partition coefficient (Wildman–Crippen LogP) is 1.47. The van der Waals surface area contributed by atoms with Crippen molar-refractivity contribution in [3.63, 3.8) is 0 Å². The highest BCUT2D eigenvalue weighted by atomic mass is 16.2. The average Bonchev–Trinajstić information content (AvgIpc) is 2.95.